The molecule has 2 heteroatoms. The number of allylic oxidation sites excluding steroid dienone is 1. The molecule has 1 fully saturated rings. The number of rotatable bonds is 0. The maximum absolute atomic E-state index is 11.9. The molecule has 1 aromatic rings. The van der Waals surface area contributed by atoms with Crippen LogP contribution >= 0.6 is 0 Å². The van der Waals surface area contributed by atoms with E-state index in [-0.39, 0.29) is 11.4 Å². The van der Waals surface area contributed by atoms with Crippen LogP contribution in [0.5, 0.6) is 0 Å². The van der Waals surface area contributed by atoms with Gasteiger partial charge in [0.05, 0.1) is 5.54 Å². The van der Waals surface area contributed by atoms with Crippen LogP contribution in [0.25, 0.3) is 0 Å². The van der Waals surface area contributed by atoms with Gasteiger partial charge in [0, 0.05) is 5.56 Å². The molecule has 0 radical (unpaired) electrons. The first-order chi connectivity index (χ1) is 7.71. The fourth-order valence-corrected chi connectivity index (χ4v) is 2.88. The smallest absolute Gasteiger partial charge is 0.252 e. The Hall–Kier alpha value is -1.57. The lowest BCUT2D eigenvalue weighted by atomic mass is 9.76. The molecule has 82 valence electrons. The van der Waals surface area contributed by atoms with Gasteiger partial charge in [0.1, 0.15) is 0 Å². The van der Waals surface area contributed by atoms with Crippen molar-refractivity contribution in [1.82, 2.24) is 5.32 Å². The van der Waals surface area contributed by atoms with E-state index in [0.29, 0.717) is 0 Å². The second-order valence-electron chi connectivity index (χ2n) is 4.83. The van der Waals surface area contributed by atoms with Crippen LogP contribution < -0.4 is 5.32 Å². The molecule has 0 bridgehead atoms. The Morgan fingerprint density at radius 1 is 1.19 bits per heavy atom. The molecule has 3 rings (SSSR count). The Balaban J connectivity index is 2.05. The van der Waals surface area contributed by atoms with Gasteiger partial charge in [-0.15, -0.1) is 0 Å². The fraction of sp³-hybridized carbons (Fsp3) is 0.357. The average molecular weight is 213 g/mol. The Bertz CT molecular complexity index is 465. The second kappa shape index (κ2) is 3.21. The molecule has 1 aliphatic heterocycles. The summed E-state index contributed by atoms with van der Waals surface area (Å²) >= 11 is 0. The number of nitrogens with one attached hydrogen (secondary N) is 1. The number of hydrogen-bond donors (Lipinski definition) is 1. The minimum atomic E-state index is -0.102. The average Bonchev–Trinajstić information content (AvgIpc) is 2.58. The number of carbonyl (C=O) groups excluding carboxylic acids is 1. The van der Waals surface area contributed by atoms with Crippen LogP contribution in [-0.2, 0) is 5.54 Å². The van der Waals surface area contributed by atoms with Gasteiger partial charge in [0.2, 0.25) is 0 Å². The largest absolute Gasteiger partial charge is 0.342 e. The van der Waals surface area contributed by atoms with E-state index in [1.165, 1.54) is 11.1 Å². The van der Waals surface area contributed by atoms with Crippen molar-refractivity contribution in [2.24, 2.45) is 0 Å². The van der Waals surface area contributed by atoms with Crippen molar-refractivity contribution in [2.75, 3.05) is 0 Å². The summed E-state index contributed by atoms with van der Waals surface area (Å²) in [5.74, 6) is 0.0862. The first-order valence-corrected chi connectivity index (χ1v) is 5.80. The number of hydrogen-bond acceptors (Lipinski definition) is 1. The molecule has 2 aliphatic rings. The lowest BCUT2D eigenvalue weighted by Crippen LogP contribution is -2.41. The van der Waals surface area contributed by atoms with Crippen molar-refractivity contribution in [1.29, 1.82) is 0 Å². The van der Waals surface area contributed by atoms with Crippen molar-refractivity contribution in [3.05, 3.63) is 47.5 Å². The van der Waals surface area contributed by atoms with Crippen LogP contribution in [0.15, 0.2) is 36.4 Å². The third kappa shape index (κ3) is 1.22. The lowest BCUT2D eigenvalue weighted by molar-refractivity contribution is 0.0916. The highest BCUT2D eigenvalue weighted by atomic mass is 16.2. The zero-order chi connectivity index (χ0) is 11.2. The van der Waals surface area contributed by atoms with Crippen molar-refractivity contribution < 1.29 is 4.79 Å². The minimum Gasteiger partial charge on any atom is -0.342 e. The maximum atomic E-state index is 11.9. The van der Waals surface area contributed by atoms with E-state index in [9.17, 15) is 4.79 Å². The standard InChI is InChI=1S/C14H15NO/c1-10-6-8-14(9-7-10)12-5-3-2-4-11(12)13(16)15-14/h2-5H,1,6-9H2,(H,15,16). The highest BCUT2D eigenvalue weighted by molar-refractivity contribution is 6.00. The van der Waals surface area contributed by atoms with E-state index in [2.05, 4.69) is 18.0 Å². The fourth-order valence-electron chi connectivity index (χ4n) is 2.88. The monoisotopic (exact) mass is 213 g/mol. The predicted octanol–water partition coefficient (Wildman–Crippen LogP) is 2.76. The van der Waals surface area contributed by atoms with E-state index in [1.54, 1.807) is 0 Å². The molecule has 0 aromatic heterocycles. The Kier molecular flexibility index (Phi) is 1.93. The molecule has 1 heterocycles. The number of fused-ring (bicyclic) bond motifs is 2. The van der Waals surface area contributed by atoms with Crippen LogP contribution in [0.1, 0.15) is 41.6 Å². The molecule has 1 aromatic carbocycles. The quantitative estimate of drug-likeness (QED) is 0.660. The molecule has 1 aliphatic carbocycles. The van der Waals surface area contributed by atoms with E-state index >= 15 is 0 Å². The van der Waals surface area contributed by atoms with Gasteiger partial charge in [-0.1, -0.05) is 30.4 Å². The van der Waals surface area contributed by atoms with E-state index in [4.69, 9.17) is 0 Å². The summed E-state index contributed by atoms with van der Waals surface area (Å²) < 4.78 is 0. The molecular formula is C14H15NO. The van der Waals surface area contributed by atoms with Crippen molar-refractivity contribution in [3.63, 3.8) is 0 Å². The Morgan fingerprint density at radius 3 is 2.62 bits per heavy atom. The van der Waals surface area contributed by atoms with Crippen molar-refractivity contribution >= 4 is 5.91 Å². The Morgan fingerprint density at radius 2 is 1.88 bits per heavy atom. The summed E-state index contributed by atoms with van der Waals surface area (Å²) in [4.78, 5) is 11.9. The number of benzene rings is 1. The summed E-state index contributed by atoms with van der Waals surface area (Å²) in [6.45, 7) is 4.03. The summed E-state index contributed by atoms with van der Waals surface area (Å²) in [5, 5.41) is 3.18. The highest BCUT2D eigenvalue weighted by Gasteiger charge is 2.43. The molecule has 2 nitrogen and oxygen atoms in total. The molecule has 16 heavy (non-hydrogen) atoms. The third-order valence-electron chi connectivity index (χ3n) is 3.85. The van der Waals surface area contributed by atoms with E-state index in [1.807, 2.05) is 18.2 Å². The summed E-state index contributed by atoms with van der Waals surface area (Å²) in [6, 6.07) is 7.95. The van der Waals surface area contributed by atoms with Gasteiger partial charge >= 0.3 is 0 Å². The highest BCUT2D eigenvalue weighted by Crippen LogP contribution is 2.43. The van der Waals surface area contributed by atoms with Crippen LogP contribution in [0, 0.1) is 0 Å². The van der Waals surface area contributed by atoms with E-state index in [0.717, 1.165) is 31.2 Å². The summed E-state index contributed by atoms with van der Waals surface area (Å²) in [6.07, 6.45) is 4.03. The first-order valence-electron chi connectivity index (χ1n) is 5.80. The van der Waals surface area contributed by atoms with Gasteiger partial charge in [-0.25, -0.2) is 0 Å². The lowest BCUT2D eigenvalue weighted by Gasteiger charge is -2.35. The maximum Gasteiger partial charge on any atom is 0.252 e. The molecule has 0 unspecified atom stereocenters. The second-order valence-corrected chi connectivity index (χ2v) is 4.83. The van der Waals surface area contributed by atoms with Gasteiger partial charge in [-0.3, -0.25) is 4.79 Å². The van der Waals surface area contributed by atoms with Crippen LogP contribution in [0.4, 0.5) is 0 Å². The molecular weight excluding hydrogens is 198 g/mol. The zero-order valence-electron chi connectivity index (χ0n) is 9.25. The zero-order valence-corrected chi connectivity index (χ0v) is 9.25. The predicted molar refractivity (Wildman–Crippen MR) is 63.2 cm³/mol. The van der Waals surface area contributed by atoms with Gasteiger partial charge in [0.15, 0.2) is 0 Å². The molecule has 1 saturated carbocycles. The number of amides is 1. The SMILES string of the molecule is C=C1CCC2(CC1)NC(=O)c1ccccc12. The van der Waals surface area contributed by atoms with Crippen LogP contribution in [0.3, 0.4) is 0 Å². The van der Waals surface area contributed by atoms with Gasteiger partial charge in [-0.2, -0.15) is 0 Å². The van der Waals surface area contributed by atoms with Crippen molar-refractivity contribution in [2.45, 2.75) is 31.2 Å². The van der Waals surface area contributed by atoms with Crippen LogP contribution in [0.2, 0.25) is 0 Å². The third-order valence-corrected chi connectivity index (χ3v) is 3.85. The summed E-state index contributed by atoms with van der Waals surface area (Å²) in [5.41, 5.74) is 3.25. The molecule has 0 atom stereocenters. The minimum absolute atomic E-state index is 0.0862. The van der Waals surface area contributed by atoms with Gasteiger partial charge in [-0.05, 0) is 37.3 Å². The molecule has 1 spiro atoms. The Labute approximate surface area is 95.4 Å². The molecule has 1 amide bonds. The number of carbonyl (C=O) groups is 1. The first kappa shape index (κ1) is 9.64. The summed E-state index contributed by atoms with van der Waals surface area (Å²) in [7, 11) is 0. The molecule has 1 N–H and O–H groups in total. The van der Waals surface area contributed by atoms with Gasteiger partial charge in [0.25, 0.3) is 5.91 Å². The van der Waals surface area contributed by atoms with Gasteiger partial charge < -0.3 is 5.32 Å². The van der Waals surface area contributed by atoms with E-state index < -0.39 is 0 Å². The van der Waals surface area contributed by atoms with Crippen LogP contribution in [-0.4, -0.2) is 5.91 Å². The van der Waals surface area contributed by atoms with Crippen molar-refractivity contribution in [3.8, 4) is 0 Å². The molecule has 0 saturated heterocycles. The topological polar surface area (TPSA) is 29.1 Å². The normalized spacial score (nSPS) is 22.0.